The summed E-state index contributed by atoms with van der Waals surface area (Å²) in [7, 11) is 0. The Labute approximate surface area is 62.7 Å². The first-order chi connectivity index (χ1) is 4.72. The van der Waals surface area contributed by atoms with Gasteiger partial charge in [-0.1, -0.05) is 0 Å². The molecule has 0 spiro atoms. The molecule has 1 saturated heterocycles. The summed E-state index contributed by atoms with van der Waals surface area (Å²) in [6.07, 6.45) is 3.86. The molecule has 1 N–H and O–H groups in total. The molecule has 1 aliphatic heterocycles. The van der Waals surface area contributed by atoms with E-state index in [9.17, 15) is 0 Å². The molecule has 2 nitrogen and oxygen atoms in total. The number of nitrogens with zero attached hydrogens (tertiary/aromatic N) is 1. The van der Waals surface area contributed by atoms with Crippen molar-refractivity contribution in [3.63, 3.8) is 0 Å². The zero-order chi connectivity index (χ0) is 7.56. The highest BCUT2D eigenvalue weighted by molar-refractivity contribution is 5.76. The third-order valence-corrected chi connectivity index (χ3v) is 2.23. The maximum absolute atomic E-state index is 7.45. The van der Waals surface area contributed by atoms with Gasteiger partial charge >= 0.3 is 0 Å². The van der Waals surface area contributed by atoms with Crippen molar-refractivity contribution in [3.8, 4) is 0 Å². The first-order valence-corrected chi connectivity index (χ1v) is 4.03. The van der Waals surface area contributed by atoms with Gasteiger partial charge in [-0.2, -0.15) is 0 Å². The predicted molar refractivity (Wildman–Crippen MR) is 43.4 cm³/mol. The summed E-state index contributed by atoms with van der Waals surface area (Å²) in [5.41, 5.74) is 0. The SMILES string of the molecule is CC(=N)N1CCCC[C@H]1C. The van der Waals surface area contributed by atoms with Crippen molar-refractivity contribution in [3.05, 3.63) is 0 Å². The molecule has 0 aliphatic carbocycles. The summed E-state index contributed by atoms with van der Waals surface area (Å²) < 4.78 is 0. The van der Waals surface area contributed by atoms with Crippen LogP contribution in [0.2, 0.25) is 0 Å². The van der Waals surface area contributed by atoms with E-state index >= 15 is 0 Å². The highest BCUT2D eigenvalue weighted by Gasteiger charge is 2.17. The summed E-state index contributed by atoms with van der Waals surface area (Å²) in [5.74, 6) is 0.729. The maximum atomic E-state index is 7.45. The van der Waals surface area contributed by atoms with Crippen LogP contribution >= 0.6 is 0 Å². The van der Waals surface area contributed by atoms with Crippen LogP contribution in [0.15, 0.2) is 0 Å². The lowest BCUT2D eigenvalue weighted by atomic mass is 10.0. The van der Waals surface area contributed by atoms with Crippen LogP contribution in [0.25, 0.3) is 0 Å². The first kappa shape index (κ1) is 7.58. The first-order valence-electron chi connectivity index (χ1n) is 4.03. The molecule has 1 aliphatic rings. The van der Waals surface area contributed by atoms with E-state index in [4.69, 9.17) is 5.41 Å². The lowest BCUT2D eigenvalue weighted by Crippen LogP contribution is -2.40. The minimum atomic E-state index is 0.603. The molecule has 58 valence electrons. The third-order valence-electron chi connectivity index (χ3n) is 2.23. The second-order valence-corrected chi connectivity index (χ2v) is 3.12. The molecule has 0 bridgehead atoms. The largest absolute Gasteiger partial charge is 0.358 e. The molecular weight excluding hydrogens is 124 g/mol. The summed E-state index contributed by atoms with van der Waals surface area (Å²) >= 11 is 0. The Balaban J connectivity index is 2.47. The van der Waals surface area contributed by atoms with Crippen molar-refractivity contribution < 1.29 is 0 Å². The van der Waals surface area contributed by atoms with Gasteiger partial charge in [0.25, 0.3) is 0 Å². The van der Waals surface area contributed by atoms with Crippen LogP contribution in [0.4, 0.5) is 0 Å². The van der Waals surface area contributed by atoms with Gasteiger partial charge in [-0.25, -0.2) is 0 Å². The van der Waals surface area contributed by atoms with Crippen molar-refractivity contribution in [1.29, 1.82) is 5.41 Å². The van der Waals surface area contributed by atoms with Crippen LogP contribution in [0.3, 0.4) is 0 Å². The molecule has 1 heterocycles. The smallest absolute Gasteiger partial charge is 0.0928 e. The molecule has 0 radical (unpaired) electrons. The Morgan fingerprint density at radius 3 is 2.60 bits per heavy atom. The Kier molecular flexibility index (Phi) is 2.30. The van der Waals surface area contributed by atoms with Gasteiger partial charge in [-0.3, -0.25) is 5.41 Å². The van der Waals surface area contributed by atoms with Crippen molar-refractivity contribution in [2.45, 2.75) is 39.2 Å². The molecule has 0 unspecified atom stereocenters. The number of nitrogens with one attached hydrogen (secondary N) is 1. The summed E-state index contributed by atoms with van der Waals surface area (Å²) in [6, 6.07) is 0.603. The monoisotopic (exact) mass is 140 g/mol. The lowest BCUT2D eigenvalue weighted by Gasteiger charge is -2.34. The van der Waals surface area contributed by atoms with Crippen LogP contribution in [-0.4, -0.2) is 23.3 Å². The van der Waals surface area contributed by atoms with E-state index in [0.29, 0.717) is 6.04 Å². The van der Waals surface area contributed by atoms with Gasteiger partial charge in [0, 0.05) is 12.6 Å². The van der Waals surface area contributed by atoms with E-state index in [-0.39, 0.29) is 0 Å². The van der Waals surface area contributed by atoms with Crippen molar-refractivity contribution in [1.82, 2.24) is 4.90 Å². The fraction of sp³-hybridized carbons (Fsp3) is 0.875. The lowest BCUT2D eigenvalue weighted by molar-refractivity contribution is 0.255. The molecule has 2 heteroatoms. The molecule has 0 aromatic rings. The van der Waals surface area contributed by atoms with E-state index in [1.165, 1.54) is 19.3 Å². The van der Waals surface area contributed by atoms with Crippen molar-refractivity contribution >= 4 is 5.84 Å². The number of hydrogen-bond donors (Lipinski definition) is 1. The summed E-state index contributed by atoms with van der Waals surface area (Å²) in [5, 5.41) is 7.45. The minimum absolute atomic E-state index is 0.603. The van der Waals surface area contributed by atoms with Crippen LogP contribution in [0.1, 0.15) is 33.1 Å². The number of rotatable bonds is 0. The highest BCUT2D eigenvalue weighted by Crippen LogP contribution is 2.15. The second kappa shape index (κ2) is 3.04. The maximum Gasteiger partial charge on any atom is 0.0928 e. The fourth-order valence-corrected chi connectivity index (χ4v) is 1.60. The fourth-order valence-electron chi connectivity index (χ4n) is 1.60. The zero-order valence-corrected chi connectivity index (χ0v) is 6.85. The Morgan fingerprint density at radius 2 is 2.20 bits per heavy atom. The third kappa shape index (κ3) is 1.49. The molecule has 0 saturated carbocycles. The van der Waals surface area contributed by atoms with Crippen LogP contribution < -0.4 is 0 Å². The molecule has 1 atom stereocenters. The zero-order valence-electron chi connectivity index (χ0n) is 6.85. The van der Waals surface area contributed by atoms with E-state index in [1.54, 1.807) is 0 Å². The van der Waals surface area contributed by atoms with E-state index in [0.717, 1.165) is 12.4 Å². The number of hydrogen-bond acceptors (Lipinski definition) is 1. The van der Waals surface area contributed by atoms with E-state index < -0.39 is 0 Å². The standard InChI is InChI=1S/C8H16N2/c1-7-5-3-4-6-10(7)8(2)9/h7,9H,3-6H2,1-2H3/t7-/m1/s1. The summed E-state index contributed by atoms with van der Waals surface area (Å²) in [4.78, 5) is 2.18. The number of piperidine rings is 1. The quantitative estimate of drug-likeness (QED) is 0.403. The van der Waals surface area contributed by atoms with Gasteiger partial charge in [-0.15, -0.1) is 0 Å². The molecule has 0 aromatic heterocycles. The number of likely N-dealkylation sites (tertiary alicyclic amines) is 1. The Bertz CT molecular complexity index is 131. The van der Waals surface area contributed by atoms with Gasteiger partial charge in [0.1, 0.15) is 0 Å². The van der Waals surface area contributed by atoms with Gasteiger partial charge in [0.05, 0.1) is 5.84 Å². The normalized spacial score (nSPS) is 26.6. The van der Waals surface area contributed by atoms with Crippen molar-refractivity contribution in [2.75, 3.05) is 6.54 Å². The molecule has 10 heavy (non-hydrogen) atoms. The average molecular weight is 140 g/mol. The van der Waals surface area contributed by atoms with Gasteiger partial charge in [-0.05, 0) is 33.1 Å². The average Bonchev–Trinajstić information content (AvgIpc) is 1.88. The van der Waals surface area contributed by atoms with Gasteiger partial charge < -0.3 is 4.90 Å². The van der Waals surface area contributed by atoms with E-state index in [1.807, 2.05) is 6.92 Å². The van der Waals surface area contributed by atoms with Crippen LogP contribution in [-0.2, 0) is 0 Å². The van der Waals surface area contributed by atoms with E-state index in [2.05, 4.69) is 11.8 Å². The molecule has 1 rings (SSSR count). The summed E-state index contributed by atoms with van der Waals surface area (Å²) in [6.45, 7) is 5.18. The number of amidine groups is 1. The second-order valence-electron chi connectivity index (χ2n) is 3.12. The Morgan fingerprint density at radius 1 is 1.50 bits per heavy atom. The Hall–Kier alpha value is -0.530. The minimum Gasteiger partial charge on any atom is -0.358 e. The predicted octanol–water partition coefficient (Wildman–Crippen LogP) is 1.86. The topological polar surface area (TPSA) is 27.1 Å². The van der Waals surface area contributed by atoms with Crippen molar-refractivity contribution in [2.24, 2.45) is 0 Å². The molecule has 0 aromatic carbocycles. The highest BCUT2D eigenvalue weighted by atomic mass is 15.2. The van der Waals surface area contributed by atoms with Gasteiger partial charge in [0.15, 0.2) is 0 Å². The molecule has 0 amide bonds. The van der Waals surface area contributed by atoms with Crippen LogP contribution in [0.5, 0.6) is 0 Å². The molecule has 1 fully saturated rings. The molecular formula is C8H16N2. The van der Waals surface area contributed by atoms with Gasteiger partial charge in [0.2, 0.25) is 0 Å². The van der Waals surface area contributed by atoms with Crippen LogP contribution in [0, 0.1) is 5.41 Å².